The summed E-state index contributed by atoms with van der Waals surface area (Å²) in [6, 6.07) is 0. The van der Waals surface area contributed by atoms with Gasteiger partial charge in [-0.1, -0.05) is 41.5 Å². The van der Waals surface area contributed by atoms with Gasteiger partial charge >= 0.3 is 0 Å². The molecule has 6 heteroatoms. The molecule has 0 saturated carbocycles. The maximum atomic E-state index is 9.04. The summed E-state index contributed by atoms with van der Waals surface area (Å²) in [4.78, 5) is 0. The largest absolute Gasteiger partial charge is 0.343 e. The summed E-state index contributed by atoms with van der Waals surface area (Å²) >= 11 is 0. The molecule has 0 rings (SSSR count). The minimum Gasteiger partial charge on any atom is -0.343 e. The SMILES string of the molecule is CCC(CC)(CC)C(O)(O)O.CCC(CC)(CC)C(O)(O)O. The third-order valence-corrected chi connectivity index (χ3v) is 5.48. The van der Waals surface area contributed by atoms with Crippen molar-refractivity contribution in [2.75, 3.05) is 0 Å². The highest BCUT2D eigenvalue weighted by Crippen LogP contribution is 2.39. The van der Waals surface area contributed by atoms with E-state index in [9.17, 15) is 0 Å². The summed E-state index contributed by atoms with van der Waals surface area (Å²) in [5, 5.41) is 54.2. The molecule has 0 aliphatic carbocycles. The van der Waals surface area contributed by atoms with Crippen molar-refractivity contribution >= 4 is 0 Å². The van der Waals surface area contributed by atoms with Crippen molar-refractivity contribution in [3.63, 3.8) is 0 Å². The number of rotatable bonds is 8. The number of hydrogen-bond donors (Lipinski definition) is 6. The van der Waals surface area contributed by atoms with Crippen LogP contribution in [0.25, 0.3) is 0 Å². The third kappa shape index (κ3) is 5.44. The zero-order valence-electron chi connectivity index (χ0n) is 14.9. The lowest BCUT2D eigenvalue weighted by atomic mass is 9.77. The maximum Gasteiger partial charge on any atom is 0.281 e. The van der Waals surface area contributed by atoms with Gasteiger partial charge in [0.15, 0.2) is 0 Å². The maximum absolute atomic E-state index is 9.04. The van der Waals surface area contributed by atoms with Crippen molar-refractivity contribution in [2.45, 2.75) is 92.0 Å². The second kappa shape index (κ2) is 9.15. The van der Waals surface area contributed by atoms with E-state index in [0.29, 0.717) is 38.5 Å². The topological polar surface area (TPSA) is 121 Å². The molecule has 0 aromatic carbocycles. The van der Waals surface area contributed by atoms with Crippen molar-refractivity contribution in [3.8, 4) is 0 Å². The fourth-order valence-electron chi connectivity index (χ4n) is 2.92. The highest BCUT2D eigenvalue weighted by Gasteiger charge is 2.44. The molecule has 0 aliphatic heterocycles. The molecule has 0 amide bonds. The van der Waals surface area contributed by atoms with E-state index in [4.69, 9.17) is 30.6 Å². The quantitative estimate of drug-likeness (QED) is 0.378. The molecule has 6 nitrogen and oxygen atoms in total. The smallest absolute Gasteiger partial charge is 0.281 e. The molecular weight excluding hydrogens is 288 g/mol. The molecule has 0 fully saturated rings. The molecule has 0 heterocycles. The lowest BCUT2D eigenvalue weighted by Crippen LogP contribution is -2.47. The molecule has 0 radical (unpaired) electrons. The molecule has 6 N–H and O–H groups in total. The summed E-state index contributed by atoms with van der Waals surface area (Å²) in [5.41, 5.74) is -1.54. The van der Waals surface area contributed by atoms with E-state index in [0.717, 1.165) is 0 Å². The van der Waals surface area contributed by atoms with Gasteiger partial charge in [-0.25, -0.2) is 0 Å². The Morgan fingerprint density at radius 3 is 0.545 bits per heavy atom. The lowest BCUT2D eigenvalue weighted by Gasteiger charge is -2.37. The van der Waals surface area contributed by atoms with Gasteiger partial charge in [-0.3, -0.25) is 0 Å². The van der Waals surface area contributed by atoms with E-state index >= 15 is 0 Å². The molecule has 0 unspecified atom stereocenters. The van der Waals surface area contributed by atoms with Crippen LogP contribution < -0.4 is 0 Å². The van der Waals surface area contributed by atoms with Crippen LogP contribution >= 0.6 is 0 Å². The molecule has 0 atom stereocenters. The first-order chi connectivity index (χ1) is 9.86. The van der Waals surface area contributed by atoms with Gasteiger partial charge in [-0.15, -0.1) is 0 Å². The Morgan fingerprint density at radius 1 is 0.409 bits per heavy atom. The van der Waals surface area contributed by atoms with Crippen LogP contribution in [0.15, 0.2) is 0 Å². The van der Waals surface area contributed by atoms with E-state index in [2.05, 4.69) is 0 Å². The second-order valence-electron chi connectivity index (χ2n) is 5.95. The van der Waals surface area contributed by atoms with Crippen LogP contribution in [0.1, 0.15) is 80.1 Å². The summed E-state index contributed by atoms with van der Waals surface area (Å²) in [6.07, 6.45) is 3.35. The molecule has 136 valence electrons. The van der Waals surface area contributed by atoms with Crippen LogP contribution in [0.2, 0.25) is 0 Å². The molecular formula is C16H36O6. The predicted molar refractivity (Wildman–Crippen MR) is 85.4 cm³/mol. The molecule has 0 aromatic heterocycles. The Bertz CT molecular complexity index is 235. The van der Waals surface area contributed by atoms with Gasteiger partial charge in [-0.05, 0) is 38.5 Å². The van der Waals surface area contributed by atoms with Gasteiger partial charge in [0.05, 0.1) is 10.8 Å². The van der Waals surface area contributed by atoms with Gasteiger partial charge < -0.3 is 30.6 Å². The predicted octanol–water partition coefficient (Wildman–Crippen LogP) is 1.67. The molecule has 0 saturated heterocycles. The van der Waals surface area contributed by atoms with Crippen molar-refractivity contribution in [1.82, 2.24) is 0 Å². The molecule has 22 heavy (non-hydrogen) atoms. The minimum atomic E-state index is -2.54. The standard InChI is InChI=1S/2C8H18O3/c2*1-4-7(5-2,6-3)8(9,10)11/h2*9-11H,4-6H2,1-3H3. The van der Waals surface area contributed by atoms with Gasteiger partial charge in [0.25, 0.3) is 11.9 Å². The molecule has 0 aliphatic rings. The highest BCUT2D eigenvalue weighted by molar-refractivity contribution is 4.81. The Balaban J connectivity index is 0. The second-order valence-corrected chi connectivity index (χ2v) is 5.95. The zero-order valence-corrected chi connectivity index (χ0v) is 14.9. The summed E-state index contributed by atoms with van der Waals surface area (Å²) < 4.78 is 0. The lowest BCUT2D eigenvalue weighted by molar-refractivity contribution is -0.378. The monoisotopic (exact) mass is 324 g/mol. The Hall–Kier alpha value is -0.240. The number of aliphatic hydroxyl groups is 6. The van der Waals surface area contributed by atoms with Crippen LogP contribution in [0.5, 0.6) is 0 Å². The van der Waals surface area contributed by atoms with E-state index < -0.39 is 22.8 Å². The van der Waals surface area contributed by atoms with Crippen LogP contribution in [0.4, 0.5) is 0 Å². The van der Waals surface area contributed by atoms with E-state index in [-0.39, 0.29) is 0 Å². The van der Waals surface area contributed by atoms with Crippen LogP contribution in [0, 0.1) is 10.8 Å². The van der Waals surface area contributed by atoms with Crippen LogP contribution in [-0.4, -0.2) is 42.6 Å². The van der Waals surface area contributed by atoms with Gasteiger partial charge in [0.1, 0.15) is 0 Å². The first-order valence-electron chi connectivity index (χ1n) is 8.21. The number of hydrogen-bond acceptors (Lipinski definition) is 6. The van der Waals surface area contributed by atoms with Gasteiger partial charge in [0, 0.05) is 0 Å². The fourth-order valence-corrected chi connectivity index (χ4v) is 2.92. The van der Waals surface area contributed by atoms with Crippen molar-refractivity contribution in [3.05, 3.63) is 0 Å². The fraction of sp³-hybridized carbons (Fsp3) is 1.00. The van der Waals surface area contributed by atoms with Crippen molar-refractivity contribution in [1.29, 1.82) is 0 Å². The van der Waals surface area contributed by atoms with Crippen molar-refractivity contribution in [2.24, 2.45) is 10.8 Å². The van der Waals surface area contributed by atoms with Gasteiger partial charge in [0.2, 0.25) is 0 Å². The molecule has 0 aromatic rings. The van der Waals surface area contributed by atoms with Gasteiger partial charge in [-0.2, -0.15) is 0 Å². The Morgan fingerprint density at radius 2 is 0.545 bits per heavy atom. The zero-order chi connectivity index (χ0) is 18.2. The Kier molecular flexibility index (Phi) is 9.99. The summed E-state index contributed by atoms with van der Waals surface area (Å²) in [5.74, 6) is -5.07. The minimum absolute atomic E-state index is 0.559. The summed E-state index contributed by atoms with van der Waals surface area (Å²) in [7, 11) is 0. The van der Waals surface area contributed by atoms with E-state index in [1.54, 1.807) is 0 Å². The molecule has 0 spiro atoms. The third-order valence-electron chi connectivity index (χ3n) is 5.48. The van der Waals surface area contributed by atoms with E-state index in [1.807, 2.05) is 41.5 Å². The average Bonchev–Trinajstić information content (AvgIpc) is 2.41. The summed E-state index contributed by atoms with van der Waals surface area (Å²) in [6.45, 7) is 11.0. The van der Waals surface area contributed by atoms with E-state index in [1.165, 1.54) is 0 Å². The van der Waals surface area contributed by atoms with Crippen molar-refractivity contribution < 1.29 is 30.6 Å². The molecule has 0 bridgehead atoms. The first-order valence-corrected chi connectivity index (χ1v) is 8.21. The Labute approximate surface area is 134 Å². The average molecular weight is 324 g/mol. The highest BCUT2D eigenvalue weighted by atomic mass is 16.7. The normalized spacial score (nSPS) is 13.6. The first kappa shape index (κ1) is 24.0. The van der Waals surface area contributed by atoms with Crippen LogP contribution in [0.3, 0.4) is 0 Å². The van der Waals surface area contributed by atoms with Crippen LogP contribution in [-0.2, 0) is 0 Å².